The number of benzene rings is 1. The van der Waals surface area contributed by atoms with Crippen LogP contribution in [0.4, 0.5) is 0 Å². The van der Waals surface area contributed by atoms with Crippen LogP contribution in [0.1, 0.15) is 104 Å². The van der Waals surface area contributed by atoms with Crippen molar-refractivity contribution in [3.8, 4) is 5.75 Å². The minimum Gasteiger partial charge on any atom is -0.507 e. The summed E-state index contributed by atoms with van der Waals surface area (Å²) in [4.78, 5) is 41.1. The molecule has 0 heterocycles. The second-order valence-corrected chi connectivity index (χ2v) is 8.93. The van der Waals surface area contributed by atoms with E-state index in [0.717, 1.165) is 16.7 Å². The third-order valence-electron chi connectivity index (χ3n) is 4.29. The molecule has 0 aliphatic heterocycles. The van der Waals surface area contributed by atoms with Crippen LogP contribution in [0.25, 0.3) is 0 Å². The molecule has 5 heteroatoms. The molecule has 1 unspecified atom stereocenters. The monoisotopic (exact) mass is 420 g/mol. The van der Waals surface area contributed by atoms with E-state index in [2.05, 4.69) is 27.7 Å². The van der Waals surface area contributed by atoms with Crippen molar-refractivity contribution >= 4 is 23.1 Å². The maximum absolute atomic E-state index is 11.2. The number of aryl methyl sites for hydroxylation is 1. The number of hydrogen-bond donors (Lipinski definition) is 1. The van der Waals surface area contributed by atoms with E-state index in [1.165, 1.54) is 13.8 Å². The lowest BCUT2D eigenvalue weighted by Gasteiger charge is -2.24. The van der Waals surface area contributed by atoms with Crippen LogP contribution in [0.3, 0.4) is 0 Å². The number of ketones is 4. The lowest BCUT2D eigenvalue weighted by Crippen LogP contribution is -2.13. The van der Waals surface area contributed by atoms with Crippen molar-refractivity contribution in [3.05, 3.63) is 28.8 Å². The van der Waals surface area contributed by atoms with Gasteiger partial charge in [0.15, 0.2) is 0 Å². The second kappa shape index (κ2) is 13.8. The Balaban J connectivity index is 0. The fourth-order valence-electron chi connectivity index (χ4n) is 2.56. The molecule has 0 bridgehead atoms. The number of phenols is 1. The van der Waals surface area contributed by atoms with Crippen LogP contribution < -0.4 is 0 Å². The van der Waals surface area contributed by atoms with Crippen molar-refractivity contribution in [2.24, 2.45) is 0 Å². The van der Waals surface area contributed by atoms with Gasteiger partial charge in [0.05, 0.1) is 6.42 Å². The fraction of sp³-hybridized carbons (Fsp3) is 0.600. The number of carbonyl (C=O) groups is 4. The summed E-state index contributed by atoms with van der Waals surface area (Å²) in [5.74, 6) is 0.903. The molecule has 0 radical (unpaired) electrons. The first-order valence-corrected chi connectivity index (χ1v) is 10.3. The Hall–Kier alpha value is -2.30. The van der Waals surface area contributed by atoms with Crippen molar-refractivity contribution in [1.29, 1.82) is 0 Å². The van der Waals surface area contributed by atoms with Gasteiger partial charge in [-0.2, -0.15) is 0 Å². The third-order valence-corrected chi connectivity index (χ3v) is 4.29. The maximum atomic E-state index is 11.2. The molecule has 5 nitrogen and oxygen atoms in total. The van der Waals surface area contributed by atoms with Crippen molar-refractivity contribution in [2.45, 2.75) is 99.8 Å². The van der Waals surface area contributed by atoms with E-state index >= 15 is 0 Å². The molecule has 0 saturated heterocycles. The number of hydrogen-bond acceptors (Lipinski definition) is 5. The van der Waals surface area contributed by atoms with Crippen LogP contribution in [0.2, 0.25) is 0 Å². The van der Waals surface area contributed by atoms with Crippen LogP contribution in [0.15, 0.2) is 12.1 Å². The summed E-state index contributed by atoms with van der Waals surface area (Å²) in [6.07, 6.45) is 1.30. The van der Waals surface area contributed by atoms with Crippen molar-refractivity contribution in [3.63, 3.8) is 0 Å². The Bertz CT molecular complexity index is 727. The van der Waals surface area contributed by atoms with Gasteiger partial charge in [0.25, 0.3) is 0 Å². The largest absolute Gasteiger partial charge is 0.507 e. The first-order chi connectivity index (χ1) is 13.5. The minimum atomic E-state index is -0.0964. The van der Waals surface area contributed by atoms with Gasteiger partial charge in [-0.3, -0.25) is 9.59 Å². The Morgan fingerprint density at radius 2 is 1.33 bits per heavy atom. The van der Waals surface area contributed by atoms with Gasteiger partial charge in [0.2, 0.25) is 0 Å². The molecule has 170 valence electrons. The van der Waals surface area contributed by atoms with Gasteiger partial charge in [0.1, 0.15) is 28.9 Å². The van der Waals surface area contributed by atoms with E-state index < -0.39 is 0 Å². The van der Waals surface area contributed by atoms with Crippen LogP contribution in [-0.2, 0) is 24.6 Å². The molecule has 0 aliphatic carbocycles. The molecule has 0 aromatic heterocycles. The smallest absolute Gasteiger partial charge is 0.137 e. The highest BCUT2D eigenvalue weighted by Gasteiger charge is 2.21. The third kappa shape index (κ3) is 13.8. The van der Waals surface area contributed by atoms with E-state index in [4.69, 9.17) is 0 Å². The van der Waals surface area contributed by atoms with Gasteiger partial charge in [-0.1, -0.05) is 46.8 Å². The van der Waals surface area contributed by atoms with E-state index in [1.807, 2.05) is 26.0 Å². The fourth-order valence-corrected chi connectivity index (χ4v) is 2.56. The summed E-state index contributed by atoms with van der Waals surface area (Å²) in [5.41, 5.74) is 2.87. The second-order valence-electron chi connectivity index (χ2n) is 8.93. The standard InChI is InChI=1S/C16H24O2.C5H8O2.C4H8O/c1-10(7-12(3)17)13-8-11(2)15(18)14(9-13)16(4,5)6;1-4(6)3-5(2)7;1-3-4(2)5/h8-10,18H,7H2,1-6H3;3H2,1-2H3;3H2,1-2H3. The van der Waals surface area contributed by atoms with Gasteiger partial charge in [-0.25, -0.2) is 0 Å². The number of phenolic OH excluding ortho intramolecular Hbond substituents is 1. The summed E-state index contributed by atoms with van der Waals surface area (Å²) >= 11 is 0. The molecule has 0 saturated carbocycles. The van der Waals surface area contributed by atoms with E-state index in [0.29, 0.717) is 18.6 Å². The molecule has 1 aromatic rings. The number of rotatable bonds is 6. The minimum absolute atomic E-state index is 0.0625. The van der Waals surface area contributed by atoms with Crippen LogP contribution in [0, 0.1) is 6.92 Å². The van der Waals surface area contributed by atoms with E-state index in [9.17, 15) is 24.3 Å². The molecule has 1 atom stereocenters. The Kier molecular flexibility index (Phi) is 13.8. The van der Waals surface area contributed by atoms with Gasteiger partial charge in [-0.15, -0.1) is 0 Å². The molecule has 1 N–H and O–H groups in total. The predicted molar refractivity (Wildman–Crippen MR) is 122 cm³/mol. The zero-order chi connectivity index (χ0) is 24.2. The van der Waals surface area contributed by atoms with Crippen LogP contribution >= 0.6 is 0 Å². The topological polar surface area (TPSA) is 88.5 Å². The van der Waals surface area contributed by atoms with E-state index in [1.54, 1.807) is 13.8 Å². The molecule has 0 amide bonds. The first-order valence-electron chi connectivity index (χ1n) is 10.3. The number of Topliss-reactive ketones (excluding diaryl/α,β-unsaturated/α-hetero) is 4. The highest BCUT2D eigenvalue weighted by Crippen LogP contribution is 2.36. The zero-order valence-corrected chi connectivity index (χ0v) is 20.4. The van der Waals surface area contributed by atoms with Crippen molar-refractivity contribution in [2.75, 3.05) is 0 Å². The highest BCUT2D eigenvalue weighted by molar-refractivity contribution is 5.96. The van der Waals surface area contributed by atoms with Gasteiger partial charge < -0.3 is 14.7 Å². The van der Waals surface area contributed by atoms with Crippen molar-refractivity contribution < 1.29 is 24.3 Å². The lowest BCUT2D eigenvalue weighted by molar-refractivity contribution is -0.124. The first kappa shape index (κ1) is 29.9. The average molecular weight is 421 g/mol. The average Bonchev–Trinajstić information content (AvgIpc) is 2.55. The van der Waals surface area contributed by atoms with Crippen molar-refractivity contribution in [1.82, 2.24) is 0 Å². The summed E-state index contributed by atoms with van der Waals surface area (Å²) in [6, 6.07) is 4.02. The molecule has 1 rings (SSSR count). The zero-order valence-electron chi connectivity index (χ0n) is 20.4. The van der Waals surface area contributed by atoms with Crippen LogP contribution in [-0.4, -0.2) is 28.2 Å². The summed E-state index contributed by atoms with van der Waals surface area (Å²) in [6.45, 7) is 18.1. The Labute approximate surface area is 182 Å². The lowest BCUT2D eigenvalue weighted by atomic mass is 9.82. The summed E-state index contributed by atoms with van der Waals surface area (Å²) < 4.78 is 0. The molecule has 0 fully saturated rings. The van der Waals surface area contributed by atoms with Gasteiger partial charge >= 0.3 is 0 Å². The Morgan fingerprint density at radius 1 is 0.900 bits per heavy atom. The predicted octanol–water partition coefficient (Wildman–Crippen LogP) is 5.62. The summed E-state index contributed by atoms with van der Waals surface area (Å²) in [7, 11) is 0. The van der Waals surface area contributed by atoms with Gasteiger partial charge in [0, 0.05) is 12.8 Å². The summed E-state index contributed by atoms with van der Waals surface area (Å²) in [5, 5.41) is 10.2. The number of carbonyl (C=O) groups excluding carboxylic acids is 4. The van der Waals surface area contributed by atoms with Crippen LogP contribution in [0.5, 0.6) is 5.75 Å². The quantitative estimate of drug-likeness (QED) is 0.603. The molecule has 30 heavy (non-hydrogen) atoms. The molecular weight excluding hydrogens is 380 g/mol. The number of aromatic hydroxyl groups is 1. The molecular formula is C25H40O5. The molecule has 1 aromatic carbocycles. The Morgan fingerprint density at radius 3 is 1.60 bits per heavy atom. The van der Waals surface area contributed by atoms with E-state index in [-0.39, 0.29) is 40.9 Å². The highest BCUT2D eigenvalue weighted by atomic mass is 16.3. The SMILES string of the molecule is CC(=O)CC(C)=O.CC(=O)CC(C)c1cc(C)c(O)c(C(C)(C)C)c1.CCC(C)=O. The van der Waals surface area contributed by atoms with Gasteiger partial charge in [-0.05, 0) is 62.6 Å². The molecule has 0 spiro atoms. The maximum Gasteiger partial charge on any atom is 0.137 e. The normalized spacial score (nSPS) is 11.3. The molecule has 0 aliphatic rings.